The van der Waals surface area contributed by atoms with E-state index >= 15 is 0 Å². The molecule has 0 unspecified atom stereocenters. The highest BCUT2D eigenvalue weighted by atomic mass is 28.3. The van der Waals surface area contributed by atoms with Crippen LogP contribution in [-0.2, 0) is 5.41 Å². The summed E-state index contributed by atoms with van der Waals surface area (Å²) >= 11 is 0. The molecule has 0 saturated heterocycles. The molecule has 0 amide bonds. The number of anilines is 2. The van der Waals surface area contributed by atoms with Crippen LogP contribution in [0.25, 0.3) is 38.6 Å². The predicted molar refractivity (Wildman–Crippen MR) is 195 cm³/mol. The molecule has 4 heteroatoms. The second kappa shape index (κ2) is 8.47. The first-order valence-corrected chi connectivity index (χ1v) is 19.2. The SMILES string of the molecule is CC1(C)c2ccccc2-c2ccc3c(c21)N(B1c2ccccc2-n2c4ccccc4c4cccc1c42)c1ccccc1[Si]3(C)C. The lowest BCUT2D eigenvalue weighted by molar-refractivity contribution is 0.661. The fourth-order valence-electron chi connectivity index (χ4n) is 9.23. The third-order valence-corrected chi connectivity index (χ3v) is 14.7. The molecule has 1 aromatic heterocycles. The maximum Gasteiger partial charge on any atom is 0.332 e. The molecule has 2 nitrogen and oxygen atoms in total. The summed E-state index contributed by atoms with van der Waals surface area (Å²) in [6.07, 6.45) is 0. The van der Waals surface area contributed by atoms with Gasteiger partial charge in [0.1, 0.15) is 8.07 Å². The Morgan fingerprint density at radius 1 is 0.578 bits per heavy atom. The van der Waals surface area contributed by atoms with E-state index in [-0.39, 0.29) is 12.3 Å². The summed E-state index contributed by atoms with van der Waals surface area (Å²) < 4.78 is 2.52. The zero-order chi connectivity index (χ0) is 30.2. The van der Waals surface area contributed by atoms with Crippen LogP contribution >= 0.6 is 0 Å². The van der Waals surface area contributed by atoms with Gasteiger partial charge in [-0.2, -0.15) is 0 Å². The van der Waals surface area contributed by atoms with Crippen LogP contribution in [-0.4, -0.2) is 19.5 Å². The van der Waals surface area contributed by atoms with Crippen molar-refractivity contribution < 1.29 is 0 Å². The van der Waals surface area contributed by atoms with Crippen LogP contribution in [0, 0.1) is 0 Å². The smallest absolute Gasteiger partial charge is 0.332 e. The quantitative estimate of drug-likeness (QED) is 0.180. The first-order chi connectivity index (χ1) is 21.9. The van der Waals surface area contributed by atoms with Crippen molar-refractivity contribution in [1.82, 2.24) is 4.57 Å². The van der Waals surface area contributed by atoms with Crippen LogP contribution in [0.2, 0.25) is 13.1 Å². The molecule has 1 aliphatic carbocycles. The molecule has 6 aromatic carbocycles. The molecule has 0 N–H and O–H groups in total. The number of hydrogen-bond acceptors (Lipinski definition) is 1. The lowest BCUT2D eigenvalue weighted by Gasteiger charge is -2.47. The molecule has 3 heterocycles. The van der Waals surface area contributed by atoms with E-state index in [1.807, 2.05) is 0 Å². The van der Waals surface area contributed by atoms with E-state index in [1.165, 1.54) is 82.4 Å². The molecular formula is C41H33BN2Si. The van der Waals surface area contributed by atoms with E-state index in [0.29, 0.717) is 0 Å². The van der Waals surface area contributed by atoms with Crippen molar-refractivity contribution >= 4 is 69.4 Å². The van der Waals surface area contributed by atoms with Crippen LogP contribution in [0.1, 0.15) is 25.0 Å². The summed E-state index contributed by atoms with van der Waals surface area (Å²) in [6, 6.07) is 48.4. The largest absolute Gasteiger partial charge is 0.377 e. The summed E-state index contributed by atoms with van der Waals surface area (Å²) in [7, 11) is -2.04. The van der Waals surface area contributed by atoms with Gasteiger partial charge in [0.15, 0.2) is 0 Å². The molecule has 45 heavy (non-hydrogen) atoms. The third-order valence-electron chi connectivity index (χ3n) is 11.2. The Kier molecular flexibility index (Phi) is 4.80. The van der Waals surface area contributed by atoms with Gasteiger partial charge in [0.25, 0.3) is 0 Å². The van der Waals surface area contributed by atoms with Gasteiger partial charge < -0.3 is 9.38 Å². The predicted octanol–water partition coefficient (Wildman–Crippen LogP) is 7.48. The van der Waals surface area contributed by atoms with Gasteiger partial charge in [-0.1, -0.05) is 136 Å². The minimum atomic E-state index is -2.04. The fourth-order valence-corrected chi connectivity index (χ4v) is 12.2. The van der Waals surface area contributed by atoms with Gasteiger partial charge in [-0.25, -0.2) is 0 Å². The van der Waals surface area contributed by atoms with E-state index in [0.717, 1.165) is 0 Å². The summed E-state index contributed by atoms with van der Waals surface area (Å²) in [5.41, 5.74) is 15.0. The molecule has 0 bridgehead atoms. The second-order valence-corrected chi connectivity index (χ2v) is 18.5. The van der Waals surface area contributed by atoms with Crippen molar-refractivity contribution in [3.63, 3.8) is 0 Å². The molecule has 3 aliphatic rings. The van der Waals surface area contributed by atoms with Gasteiger partial charge in [0.05, 0.1) is 11.0 Å². The molecule has 7 aromatic rings. The van der Waals surface area contributed by atoms with Crippen molar-refractivity contribution in [2.75, 3.05) is 4.81 Å². The van der Waals surface area contributed by atoms with Crippen LogP contribution in [0.15, 0.2) is 127 Å². The van der Waals surface area contributed by atoms with Crippen LogP contribution in [0.3, 0.4) is 0 Å². The molecule has 0 spiro atoms. The van der Waals surface area contributed by atoms with Crippen LogP contribution in [0.5, 0.6) is 0 Å². The normalized spacial score (nSPS) is 16.3. The molecule has 10 rings (SSSR count). The van der Waals surface area contributed by atoms with E-state index in [1.54, 1.807) is 0 Å². The standard InChI is InChI=1S/C41H33BN2Si/c1-41(2)30-17-7-5-14-26(30)28-24-25-37-40(38(28)41)44(35-22-11-12-23-36(35)45(37,3)4)42-31-18-8-10-21-34(31)43-33-20-9-6-15-27(33)29-16-13-19-32(42)39(29)43/h5-25H,1-4H3. The monoisotopic (exact) mass is 592 g/mol. The number of benzene rings is 6. The number of aromatic nitrogens is 1. The van der Waals surface area contributed by atoms with E-state index in [2.05, 4.69) is 164 Å². The van der Waals surface area contributed by atoms with E-state index in [9.17, 15) is 0 Å². The summed E-state index contributed by atoms with van der Waals surface area (Å²) in [5, 5.41) is 5.70. The lowest BCUT2D eigenvalue weighted by atomic mass is 9.46. The Bertz CT molecular complexity index is 2420. The van der Waals surface area contributed by atoms with Gasteiger partial charge in [-0.3, -0.25) is 0 Å². The average Bonchev–Trinajstić information content (AvgIpc) is 3.53. The molecule has 0 saturated carbocycles. The summed E-state index contributed by atoms with van der Waals surface area (Å²) in [6.45, 7) is 10.0. The average molecular weight is 593 g/mol. The first kappa shape index (κ1) is 25.5. The zero-order valence-electron chi connectivity index (χ0n) is 26.1. The molecule has 2 aliphatic heterocycles. The summed E-state index contributed by atoms with van der Waals surface area (Å²) in [5.74, 6) is 0. The van der Waals surface area contributed by atoms with Gasteiger partial charge >= 0.3 is 6.85 Å². The Hall–Kier alpha value is -4.80. The molecule has 214 valence electrons. The topological polar surface area (TPSA) is 8.17 Å². The molecular weight excluding hydrogens is 559 g/mol. The Morgan fingerprint density at radius 2 is 1.27 bits per heavy atom. The van der Waals surface area contributed by atoms with Crippen LogP contribution < -0.4 is 26.1 Å². The number of para-hydroxylation sites is 4. The first-order valence-electron chi connectivity index (χ1n) is 16.2. The Morgan fingerprint density at radius 3 is 2.16 bits per heavy atom. The van der Waals surface area contributed by atoms with Crippen LogP contribution in [0.4, 0.5) is 11.4 Å². The lowest BCUT2D eigenvalue weighted by Crippen LogP contribution is -2.67. The van der Waals surface area contributed by atoms with Gasteiger partial charge in [0.2, 0.25) is 0 Å². The molecule has 0 fully saturated rings. The maximum atomic E-state index is 2.77. The molecule has 0 radical (unpaired) electrons. The minimum Gasteiger partial charge on any atom is -0.377 e. The fraction of sp³-hybridized carbons (Fsp3) is 0.122. The van der Waals surface area contributed by atoms with E-state index < -0.39 is 8.07 Å². The number of fused-ring (bicyclic) bond motifs is 11. The number of hydrogen-bond donors (Lipinski definition) is 0. The molecule has 0 atom stereocenters. The maximum absolute atomic E-state index is 2.77. The number of nitrogens with zero attached hydrogens (tertiary/aromatic N) is 2. The van der Waals surface area contributed by atoms with E-state index in [4.69, 9.17) is 0 Å². The highest BCUT2D eigenvalue weighted by Crippen LogP contribution is 2.54. The van der Waals surface area contributed by atoms with Crippen molar-refractivity contribution in [3.05, 3.63) is 139 Å². The highest BCUT2D eigenvalue weighted by molar-refractivity contribution is 7.04. The number of rotatable bonds is 1. The van der Waals surface area contributed by atoms with Crippen molar-refractivity contribution in [1.29, 1.82) is 0 Å². The minimum absolute atomic E-state index is 0.0257. The third kappa shape index (κ3) is 3.01. The van der Waals surface area contributed by atoms with Gasteiger partial charge in [-0.05, 0) is 61.8 Å². The summed E-state index contributed by atoms with van der Waals surface area (Å²) in [4.78, 5) is 2.77. The van der Waals surface area contributed by atoms with Gasteiger partial charge in [-0.15, -0.1) is 0 Å². The zero-order valence-corrected chi connectivity index (χ0v) is 27.1. The van der Waals surface area contributed by atoms with Crippen molar-refractivity contribution in [2.24, 2.45) is 0 Å². The highest BCUT2D eigenvalue weighted by Gasteiger charge is 2.49. The second-order valence-electron chi connectivity index (χ2n) is 14.1. The van der Waals surface area contributed by atoms with Crippen molar-refractivity contribution in [2.45, 2.75) is 32.4 Å². The van der Waals surface area contributed by atoms with Gasteiger partial charge in [0, 0.05) is 33.2 Å². The Labute approximate surface area is 265 Å². The van der Waals surface area contributed by atoms with Crippen molar-refractivity contribution in [3.8, 4) is 16.8 Å². The Balaban J connectivity index is 1.38.